The highest BCUT2D eigenvalue weighted by molar-refractivity contribution is 7.46. The van der Waals surface area contributed by atoms with E-state index in [1.54, 1.807) is 6.92 Å². The highest BCUT2D eigenvalue weighted by atomic mass is 31.2. The number of ether oxygens (including phenoxy) is 1. The third-order valence-electron chi connectivity index (χ3n) is 3.93. The number of unbranched alkanes of at least 4 members (excludes halogenated alkanes) is 7. The van der Waals surface area contributed by atoms with E-state index in [1.165, 1.54) is 38.5 Å². The zero-order valence-corrected chi connectivity index (χ0v) is 16.6. The molecule has 6 nitrogen and oxygen atoms in total. The molecule has 0 heterocycles. The third-order valence-corrected chi connectivity index (χ3v) is 4.45. The zero-order valence-electron chi connectivity index (χ0n) is 15.7. The molecule has 0 saturated carbocycles. The van der Waals surface area contributed by atoms with Crippen molar-refractivity contribution in [2.75, 3.05) is 6.61 Å². The minimum atomic E-state index is -4.43. The molecule has 0 aliphatic heterocycles. The van der Waals surface area contributed by atoms with Crippen LogP contribution in [0.5, 0.6) is 0 Å². The van der Waals surface area contributed by atoms with E-state index in [0.717, 1.165) is 19.3 Å². The van der Waals surface area contributed by atoms with Gasteiger partial charge in [0.15, 0.2) is 0 Å². The first-order valence-corrected chi connectivity index (χ1v) is 10.9. The Bertz CT molecular complexity index is 418. The summed E-state index contributed by atoms with van der Waals surface area (Å²) in [6.07, 6.45) is 11.1. The van der Waals surface area contributed by atoms with Gasteiger partial charge in [0.1, 0.15) is 6.10 Å². The second kappa shape index (κ2) is 14.5. The fourth-order valence-corrected chi connectivity index (χ4v) is 2.88. The number of phosphoric ester groups is 1. The van der Waals surface area contributed by atoms with Crippen molar-refractivity contribution in [3.63, 3.8) is 0 Å². The lowest BCUT2D eigenvalue weighted by Gasteiger charge is -2.18. The van der Waals surface area contributed by atoms with Gasteiger partial charge in [0.2, 0.25) is 0 Å². The molecule has 0 aliphatic carbocycles. The van der Waals surface area contributed by atoms with Crippen LogP contribution in [0.25, 0.3) is 0 Å². The topological polar surface area (TPSA) is 93.1 Å². The average molecular weight is 378 g/mol. The Morgan fingerprint density at radius 1 is 1.00 bits per heavy atom. The molecule has 148 valence electrons. The first kappa shape index (κ1) is 24.3. The molecule has 0 bridgehead atoms. The number of phosphoric acid groups is 1. The first-order chi connectivity index (χ1) is 11.8. The molecule has 0 rings (SSSR count). The zero-order chi connectivity index (χ0) is 19.1. The van der Waals surface area contributed by atoms with Crippen LogP contribution < -0.4 is 0 Å². The van der Waals surface area contributed by atoms with E-state index < -0.39 is 13.8 Å². The average Bonchev–Trinajstić information content (AvgIpc) is 2.52. The van der Waals surface area contributed by atoms with Crippen LogP contribution >= 0.6 is 7.82 Å². The molecular weight excluding hydrogens is 343 g/mol. The molecule has 1 unspecified atom stereocenters. The number of carbonyl (C=O) groups excluding carboxylic acids is 1. The second-order valence-electron chi connectivity index (χ2n) is 6.54. The summed E-state index contributed by atoms with van der Waals surface area (Å²) in [4.78, 5) is 29.0. The molecule has 2 N–H and O–H groups in total. The van der Waals surface area contributed by atoms with Gasteiger partial charge in [-0.05, 0) is 32.6 Å². The maximum Gasteiger partial charge on any atom is 0.469 e. The van der Waals surface area contributed by atoms with Gasteiger partial charge in [-0.1, -0.05) is 58.4 Å². The van der Waals surface area contributed by atoms with Crippen LogP contribution in [0.4, 0.5) is 0 Å². The van der Waals surface area contributed by atoms with Crippen LogP contribution in [0.3, 0.4) is 0 Å². The monoisotopic (exact) mass is 378 g/mol. The summed E-state index contributed by atoms with van der Waals surface area (Å²) in [6.45, 7) is 7.34. The van der Waals surface area contributed by atoms with Gasteiger partial charge in [-0.2, -0.15) is 0 Å². The van der Waals surface area contributed by atoms with Crippen molar-refractivity contribution in [2.24, 2.45) is 0 Å². The van der Waals surface area contributed by atoms with E-state index in [1.807, 2.05) is 0 Å². The highest BCUT2D eigenvalue weighted by Crippen LogP contribution is 2.35. The predicted molar refractivity (Wildman–Crippen MR) is 99.2 cm³/mol. The van der Waals surface area contributed by atoms with Gasteiger partial charge in [0, 0.05) is 5.57 Å². The van der Waals surface area contributed by atoms with Crippen molar-refractivity contribution in [3.05, 3.63) is 12.2 Å². The minimum Gasteiger partial charge on any atom is -0.459 e. The maximum absolute atomic E-state index is 11.7. The van der Waals surface area contributed by atoms with Crippen LogP contribution in [-0.4, -0.2) is 28.5 Å². The maximum atomic E-state index is 11.7. The Balaban J connectivity index is 4.03. The van der Waals surface area contributed by atoms with Crippen molar-refractivity contribution in [2.45, 2.75) is 90.6 Å². The lowest BCUT2D eigenvalue weighted by molar-refractivity contribution is -0.145. The number of hydrogen-bond donors (Lipinski definition) is 2. The van der Waals surface area contributed by atoms with Crippen molar-refractivity contribution < 1.29 is 28.4 Å². The van der Waals surface area contributed by atoms with Crippen LogP contribution in [0.1, 0.15) is 84.5 Å². The van der Waals surface area contributed by atoms with E-state index in [4.69, 9.17) is 14.5 Å². The lowest BCUT2D eigenvalue weighted by Crippen LogP contribution is -2.19. The fraction of sp³-hybridized carbons (Fsp3) is 0.833. The third kappa shape index (κ3) is 16.5. The van der Waals surface area contributed by atoms with Gasteiger partial charge >= 0.3 is 13.8 Å². The normalized spacial score (nSPS) is 12.8. The molecule has 25 heavy (non-hydrogen) atoms. The fourth-order valence-electron chi connectivity index (χ4n) is 2.51. The standard InChI is InChI=1S/C18H35O6P/c1-4-5-6-7-8-9-10-11-13-17(24-18(19)16(2)3)14-12-15-23-25(20,21)22/h17H,2,4-15H2,1,3H3,(H2,20,21,22). The Kier molecular flexibility index (Phi) is 14.1. The van der Waals surface area contributed by atoms with E-state index in [0.29, 0.717) is 18.4 Å². The summed E-state index contributed by atoms with van der Waals surface area (Å²) in [5.74, 6) is -0.416. The SMILES string of the molecule is C=C(C)C(=O)OC(CCCCCCCCCC)CCCOP(=O)(O)O. The summed E-state index contributed by atoms with van der Waals surface area (Å²) in [6, 6.07) is 0. The predicted octanol–water partition coefficient (Wildman–Crippen LogP) is 4.89. The van der Waals surface area contributed by atoms with Gasteiger partial charge in [-0.3, -0.25) is 4.52 Å². The number of carbonyl (C=O) groups is 1. The molecule has 0 aromatic rings. The molecule has 0 spiro atoms. The lowest BCUT2D eigenvalue weighted by atomic mass is 10.0. The molecule has 0 aliphatic rings. The van der Waals surface area contributed by atoms with Crippen LogP contribution in [0.15, 0.2) is 12.2 Å². The highest BCUT2D eigenvalue weighted by Gasteiger charge is 2.17. The Morgan fingerprint density at radius 3 is 2.04 bits per heavy atom. The largest absolute Gasteiger partial charge is 0.469 e. The van der Waals surface area contributed by atoms with E-state index >= 15 is 0 Å². The summed E-state index contributed by atoms with van der Waals surface area (Å²) in [5.41, 5.74) is 0.354. The molecule has 0 radical (unpaired) electrons. The van der Waals surface area contributed by atoms with Crippen molar-refractivity contribution in [3.8, 4) is 0 Å². The second-order valence-corrected chi connectivity index (χ2v) is 7.78. The van der Waals surface area contributed by atoms with E-state index in [9.17, 15) is 9.36 Å². The van der Waals surface area contributed by atoms with Gasteiger partial charge in [-0.15, -0.1) is 0 Å². The van der Waals surface area contributed by atoms with Gasteiger partial charge in [0.05, 0.1) is 6.61 Å². The van der Waals surface area contributed by atoms with Crippen molar-refractivity contribution >= 4 is 13.8 Å². The Hall–Kier alpha value is -0.680. The molecule has 0 amide bonds. The van der Waals surface area contributed by atoms with E-state index in [-0.39, 0.29) is 12.7 Å². The first-order valence-electron chi connectivity index (χ1n) is 9.32. The van der Waals surface area contributed by atoms with Crippen LogP contribution in [0, 0.1) is 0 Å². The molecular formula is C18H35O6P. The quantitative estimate of drug-likeness (QED) is 0.172. The smallest absolute Gasteiger partial charge is 0.459 e. The summed E-state index contributed by atoms with van der Waals surface area (Å²) in [5, 5.41) is 0. The molecule has 1 atom stereocenters. The summed E-state index contributed by atoms with van der Waals surface area (Å²) < 4.78 is 20.5. The number of rotatable bonds is 16. The Labute approximate surface area is 152 Å². The van der Waals surface area contributed by atoms with Crippen LogP contribution in [0.2, 0.25) is 0 Å². The summed E-state index contributed by atoms with van der Waals surface area (Å²) in [7, 11) is -4.43. The molecule has 0 saturated heterocycles. The van der Waals surface area contributed by atoms with Gasteiger partial charge in [-0.25, -0.2) is 9.36 Å². The minimum absolute atomic E-state index is 0.0527. The van der Waals surface area contributed by atoms with Crippen molar-refractivity contribution in [1.29, 1.82) is 0 Å². The molecule has 0 fully saturated rings. The molecule has 0 aromatic heterocycles. The van der Waals surface area contributed by atoms with Gasteiger partial charge < -0.3 is 14.5 Å². The van der Waals surface area contributed by atoms with E-state index in [2.05, 4.69) is 18.0 Å². The summed E-state index contributed by atoms with van der Waals surface area (Å²) >= 11 is 0. The van der Waals surface area contributed by atoms with Gasteiger partial charge in [0.25, 0.3) is 0 Å². The number of hydrogen-bond acceptors (Lipinski definition) is 4. The van der Waals surface area contributed by atoms with Crippen molar-refractivity contribution in [1.82, 2.24) is 0 Å². The molecule has 0 aromatic carbocycles. The number of esters is 1. The molecule has 7 heteroatoms. The van der Waals surface area contributed by atoms with Crippen LogP contribution in [-0.2, 0) is 18.6 Å². The Morgan fingerprint density at radius 2 is 1.52 bits per heavy atom.